The zero-order valence-corrected chi connectivity index (χ0v) is 13.0. The van der Waals surface area contributed by atoms with Crippen molar-refractivity contribution in [3.63, 3.8) is 0 Å². The van der Waals surface area contributed by atoms with Crippen LogP contribution in [-0.4, -0.2) is 24.1 Å². The molecule has 0 radical (unpaired) electrons. The molecule has 1 aromatic carbocycles. The standard InChI is InChI=1S/C17H26N2O2/c1-13-6-5-7-15(12-13)21-11-4-3-10-17(2,16(18)20)19-14-8-9-14/h5-7,12,14,19H,3-4,8-11H2,1-2H3,(H2,18,20). The van der Waals surface area contributed by atoms with Crippen molar-refractivity contribution in [2.45, 2.75) is 57.5 Å². The Morgan fingerprint density at radius 2 is 2.19 bits per heavy atom. The summed E-state index contributed by atoms with van der Waals surface area (Å²) in [6.45, 7) is 4.63. The Hall–Kier alpha value is -1.55. The lowest BCUT2D eigenvalue weighted by atomic mass is 9.94. The van der Waals surface area contributed by atoms with Gasteiger partial charge in [0.2, 0.25) is 5.91 Å². The molecule has 4 nitrogen and oxygen atoms in total. The molecular formula is C17H26N2O2. The number of unbranched alkanes of at least 4 members (excludes halogenated alkanes) is 1. The van der Waals surface area contributed by atoms with Gasteiger partial charge in [0.15, 0.2) is 0 Å². The van der Waals surface area contributed by atoms with Gasteiger partial charge in [-0.05, 0) is 63.6 Å². The molecule has 2 rings (SSSR count). The number of hydrogen-bond donors (Lipinski definition) is 2. The maximum Gasteiger partial charge on any atom is 0.237 e. The molecule has 21 heavy (non-hydrogen) atoms. The number of hydrogen-bond acceptors (Lipinski definition) is 3. The Morgan fingerprint density at radius 3 is 2.81 bits per heavy atom. The van der Waals surface area contributed by atoms with E-state index < -0.39 is 5.54 Å². The van der Waals surface area contributed by atoms with Gasteiger partial charge in [-0.25, -0.2) is 0 Å². The van der Waals surface area contributed by atoms with Crippen LogP contribution < -0.4 is 15.8 Å². The number of benzene rings is 1. The van der Waals surface area contributed by atoms with Crippen LogP contribution in [0.3, 0.4) is 0 Å². The second-order valence-corrected chi connectivity index (χ2v) is 6.24. The summed E-state index contributed by atoms with van der Waals surface area (Å²) in [5.74, 6) is 0.651. The highest BCUT2D eigenvalue weighted by atomic mass is 16.5. The number of ether oxygens (including phenoxy) is 1. The average Bonchev–Trinajstić information content (AvgIpc) is 3.22. The molecule has 1 aliphatic rings. The molecule has 1 atom stereocenters. The summed E-state index contributed by atoms with van der Waals surface area (Å²) in [5.41, 5.74) is 6.15. The van der Waals surface area contributed by atoms with Crippen LogP contribution in [0.1, 0.15) is 44.6 Å². The monoisotopic (exact) mass is 290 g/mol. The highest BCUT2D eigenvalue weighted by Gasteiger charge is 2.36. The number of amides is 1. The first-order chi connectivity index (χ1) is 9.99. The normalized spacial score (nSPS) is 17.2. The van der Waals surface area contributed by atoms with Gasteiger partial charge < -0.3 is 15.8 Å². The van der Waals surface area contributed by atoms with Crippen molar-refractivity contribution in [2.75, 3.05) is 6.61 Å². The summed E-state index contributed by atoms with van der Waals surface area (Å²) in [4.78, 5) is 11.6. The number of rotatable bonds is 9. The van der Waals surface area contributed by atoms with E-state index in [-0.39, 0.29) is 5.91 Å². The molecule has 0 bridgehead atoms. The van der Waals surface area contributed by atoms with E-state index in [4.69, 9.17) is 10.5 Å². The lowest BCUT2D eigenvalue weighted by molar-refractivity contribution is -0.124. The van der Waals surface area contributed by atoms with Crippen LogP contribution in [0.4, 0.5) is 0 Å². The number of carbonyl (C=O) groups excluding carboxylic acids is 1. The van der Waals surface area contributed by atoms with Crippen LogP contribution in [0.2, 0.25) is 0 Å². The van der Waals surface area contributed by atoms with Gasteiger partial charge in [-0.2, -0.15) is 0 Å². The summed E-state index contributed by atoms with van der Waals surface area (Å²) >= 11 is 0. The van der Waals surface area contributed by atoms with Gasteiger partial charge in [-0.15, -0.1) is 0 Å². The third kappa shape index (κ3) is 5.05. The molecule has 1 unspecified atom stereocenters. The number of nitrogens with two attached hydrogens (primary N) is 1. The summed E-state index contributed by atoms with van der Waals surface area (Å²) in [6, 6.07) is 8.52. The predicted molar refractivity (Wildman–Crippen MR) is 84.3 cm³/mol. The first-order valence-corrected chi connectivity index (χ1v) is 7.77. The van der Waals surface area contributed by atoms with E-state index in [1.54, 1.807) is 0 Å². The molecular weight excluding hydrogens is 264 g/mol. The molecule has 0 spiro atoms. The Bertz CT molecular complexity index is 485. The second-order valence-electron chi connectivity index (χ2n) is 6.24. The van der Waals surface area contributed by atoms with Crippen molar-refractivity contribution in [1.29, 1.82) is 0 Å². The van der Waals surface area contributed by atoms with E-state index in [0.29, 0.717) is 12.6 Å². The largest absolute Gasteiger partial charge is 0.494 e. The van der Waals surface area contributed by atoms with Crippen LogP contribution in [0.15, 0.2) is 24.3 Å². The highest BCUT2D eigenvalue weighted by Crippen LogP contribution is 2.25. The Kier molecular flexibility index (Phi) is 5.23. The molecule has 0 aliphatic heterocycles. The summed E-state index contributed by atoms with van der Waals surface area (Å²) in [7, 11) is 0. The van der Waals surface area contributed by atoms with E-state index in [1.165, 1.54) is 5.56 Å². The molecule has 0 aromatic heterocycles. The van der Waals surface area contributed by atoms with Crippen molar-refractivity contribution in [2.24, 2.45) is 5.73 Å². The Balaban J connectivity index is 1.69. The van der Waals surface area contributed by atoms with Gasteiger partial charge in [0.05, 0.1) is 12.1 Å². The van der Waals surface area contributed by atoms with Crippen molar-refractivity contribution in [1.82, 2.24) is 5.32 Å². The summed E-state index contributed by atoms with van der Waals surface area (Å²) in [5, 5.41) is 3.37. The van der Waals surface area contributed by atoms with Gasteiger partial charge in [0.25, 0.3) is 0 Å². The fraction of sp³-hybridized carbons (Fsp3) is 0.588. The molecule has 1 aliphatic carbocycles. The first kappa shape index (κ1) is 15.8. The van der Waals surface area contributed by atoms with Gasteiger partial charge in [-0.3, -0.25) is 4.79 Å². The lowest BCUT2D eigenvalue weighted by Crippen LogP contribution is -2.53. The van der Waals surface area contributed by atoms with Crippen molar-refractivity contribution < 1.29 is 9.53 Å². The van der Waals surface area contributed by atoms with E-state index in [2.05, 4.69) is 18.3 Å². The average molecular weight is 290 g/mol. The van der Waals surface area contributed by atoms with Crippen LogP contribution in [0, 0.1) is 6.92 Å². The van der Waals surface area contributed by atoms with Crippen molar-refractivity contribution >= 4 is 5.91 Å². The Labute approximate surface area is 127 Å². The fourth-order valence-corrected chi connectivity index (χ4v) is 2.42. The lowest BCUT2D eigenvalue weighted by Gasteiger charge is -2.27. The maximum atomic E-state index is 11.6. The number of aryl methyl sites for hydroxylation is 1. The maximum absolute atomic E-state index is 11.6. The van der Waals surface area contributed by atoms with Gasteiger partial charge in [0.1, 0.15) is 5.75 Å². The van der Waals surface area contributed by atoms with E-state index in [1.807, 2.05) is 25.1 Å². The molecule has 0 saturated heterocycles. The minimum atomic E-state index is -0.579. The van der Waals surface area contributed by atoms with Gasteiger partial charge in [0, 0.05) is 6.04 Å². The molecule has 1 saturated carbocycles. The molecule has 4 heteroatoms. The van der Waals surface area contributed by atoms with Gasteiger partial charge >= 0.3 is 0 Å². The van der Waals surface area contributed by atoms with Crippen molar-refractivity contribution in [3.8, 4) is 5.75 Å². The molecule has 1 fully saturated rings. The van der Waals surface area contributed by atoms with Crippen molar-refractivity contribution in [3.05, 3.63) is 29.8 Å². The summed E-state index contributed by atoms with van der Waals surface area (Å²) < 4.78 is 5.72. The van der Waals surface area contributed by atoms with Crippen LogP contribution in [-0.2, 0) is 4.79 Å². The fourth-order valence-electron chi connectivity index (χ4n) is 2.42. The van der Waals surface area contributed by atoms with E-state index >= 15 is 0 Å². The molecule has 3 N–H and O–H groups in total. The topological polar surface area (TPSA) is 64.3 Å². The minimum absolute atomic E-state index is 0.256. The summed E-state index contributed by atoms with van der Waals surface area (Å²) in [6.07, 6.45) is 4.91. The number of carbonyl (C=O) groups is 1. The second kappa shape index (κ2) is 6.94. The SMILES string of the molecule is Cc1cccc(OCCCCC(C)(NC2CC2)C(N)=O)c1. The quantitative estimate of drug-likeness (QED) is 0.687. The zero-order chi connectivity index (χ0) is 15.3. The molecule has 0 heterocycles. The zero-order valence-electron chi connectivity index (χ0n) is 13.0. The number of nitrogens with one attached hydrogen (secondary N) is 1. The molecule has 1 amide bonds. The smallest absolute Gasteiger partial charge is 0.237 e. The third-order valence-corrected chi connectivity index (χ3v) is 3.97. The third-order valence-electron chi connectivity index (χ3n) is 3.97. The van der Waals surface area contributed by atoms with Gasteiger partial charge in [-0.1, -0.05) is 12.1 Å². The van der Waals surface area contributed by atoms with Crippen LogP contribution in [0.5, 0.6) is 5.75 Å². The molecule has 1 aromatic rings. The van der Waals surface area contributed by atoms with E-state index in [9.17, 15) is 4.79 Å². The highest BCUT2D eigenvalue weighted by molar-refractivity contribution is 5.84. The minimum Gasteiger partial charge on any atom is -0.494 e. The molecule has 116 valence electrons. The van der Waals surface area contributed by atoms with Crippen LogP contribution >= 0.6 is 0 Å². The predicted octanol–water partition coefficient (Wildman–Crippen LogP) is 2.54. The number of primary amides is 1. The van der Waals surface area contributed by atoms with Crippen LogP contribution in [0.25, 0.3) is 0 Å². The first-order valence-electron chi connectivity index (χ1n) is 7.77. The Morgan fingerprint density at radius 1 is 1.43 bits per heavy atom. The van der Waals surface area contributed by atoms with E-state index in [0.717, 1.165) is 37.9 Å².